The van der Waals surface area contributed by atoms with Crippen molar-refractivity contribution >= 4 is 43.4 Å². The van der Waals surface area contributed by atoms with Crippen LogP contribution in [0.2, 0.25) is 0 Å². The van der Waals surface area contributed by atoms with Crippen LogP contribution in [-0.2, 0) is 0 Å². The highest BCUT2D eigenvalue weighted by atomic mass is 79.9. The third-order valence-corrected chi connectivity index (χ3v) is 4.81. The molecule has 0 aromatic heterocycles. The fraction of sp³-hybridized carbons (Fsp3) is 0.200. The second-order valence-electron chi connectivity index (χ2n) is 3.08. The molecule has 0 N–H and O–H groups in total. The molecule has 2 atom stereocenters. The molecule has 72 valence electrons. The molecular weight excluding hydrogens is 312 g/mol. The van der Waals surface area contributed by atoms with Crippen LogP contribution in [0.1, 0.15) is 20.7 Å². The van der Waals surface area contributed by atoms with Gasteiger partial charge in [0.1, 0.15) is 0 Å². The zero-order valence-electron chi connectivity index (χ0n) is 7.04. The maximum absolute atomic E-state index is 11.7. The van der Waals surface area contributed by atoms with Crippen LogP contribution in [0.25, 0.3) is 0 Å². The Kier molecular flexibility index (Phi) is 2.58. The summed E-state index contributed by atoms with van der Waals surface area (Å²) >= 11 is 6.42. The topological polar surface area (TPSA) is 34.1 Å². The molecular formula is C10H6Br2O2. The standard InChI is InChI=1S/C10H6Br2O2/c11-7-8(12)10(14)6-4-2-1-3-5(6)9(7)13/h1-4,7-8H/t7-,8+. The number of rotatable bonds is 0. The van der Waals surface area contributed by atoms with Crippen LogP contribution in [0.15, 0.2) is 24.3 Å². The first-order valence-electron chi connectivity index (χ1n) is 4.08. The van der Waals surface area contributed by atoms with Gasteiger partial charge in [0.05, 0.1) is 9.65 Å². The maximum atomic E-state index is 11.7. The highest BCUT2D eigenvalue weighted by Crippen LogP contribution is 2.30. The van der Waals surface area contributed by atoms with Gasteiger partial charge in [-0.3, -0.25) is 9.59 Å². The fourth-order valence-electron chi connectivity index (χ4n) is 1.48. The summed E-state index contributed by atoms with van der Waals surface area (Å²) in [4.78, 5) is 22.6. The molecule has 14 heavy (non-hydrogen) atoms. The number of halogens is 2. The van der Waals surface area contributed by atoms with Gasteiger partial charge in [-0.15, -0.1) is 0 Å². The summed E-state index contributed by atoms with van der Waals surface area (Å²) < 4.78 is 0. The molecule has 0 amide bonds. The first-order chi connectivity index (χ1) is 6.63. The Morgan fingerprint density at radius 2 is 1.21 bits per heavy atom. The fourth-order valence-corrected chi connectivity index (χ4v) is 2.45. The number of alkyl halides is 2. The Hall–Kier alpha value is -0.480. The van der Waals surface area contributed by atoms with Gasteiger partial charge in [0.15, 0.2) is 11.6 Å². The number of Topliss-reactive ketones (excluding diaryl/α,β-unsaturated/α-hetero) is 2. The number of benzene rings is 1. The van der Waals surface area contributed by atoms with Crippen molar-refractivity contribution in [2.45, 2.75) is 9.65 Å². The summed E-state index contributed by atoms with van der Waals surface area (Å²) in [7, 11) is 0. The van der Waals surface area contributed by atoms with Gasteiger partial charge in [0.25, 0.3) is 0 Å². The Bertz CT molecular complexity index is 375. The van der Waals surface area contributed by atoms with Crippen LogP contribution in [0.4, 0.5) is 0 Å². The predicted molar refractivity (Wildman–Crippen MR) is 60.5 cm³/mol. The van der Waals surface area contributed by atoms with Crippen LogP contribution < -0.4 is 0 Å². The van der Waals surface area contributed by atoms with E-state index in [4.69, 9.17) is 0 Å². The van der Waals surface area contributed by atoms with Crippen molar-refractivity contribution in [1.29, 1.82) is 0 Å². The molecule has 1 aliphatic rings. The second kappa shape index (κ2) is 3.59. The number of fused-ring (bicyclic) bond motifs is 1. The smallest absolute Gasteiger partial charge is 0.178 e. The van der Waals surface area contributed by atoms with E-state index in [1.54, 1.807) is 24.3 Å². The number of carbonyl (C=O) groups is 2. The average molecular weight is 318 g/mol. The van der Waals surface area contributed by atoms with E-state index in [0.717, 1.165) is 0 Å². The zero-order valence-corrected chi connectivity index (χ0v) is 10.2. The van der Waals surface area contributed by atoms with Crippen molar-refractivity contribution in [2.24, 2.45) is 0 Å². The summed E-state index contributed by atoms with van der Waals surface area (Å²) in [5, 5.41) is 0. The number of carbonyl (C=O) groups excluding carboxylic acids is 2. The lowest BCUT2D eigenvalue weighted by Gasteiger charge is -2.22. The predicted octanol–water partition coefficient (Wildman–Crippen LogP) is 2.59. The second-order valence-corrected chi connectivity index (χ2v) is 5.05. The summed E-state index contributed by atoms with van der Waals surface area (Å²) in [5.74, 6) is -0.0795. The Balaban J connectivity index is 2.62. The summed E-state index contributed by atoms with van der Waals surface area (Å²) in [6, 6.07) is 6.89. The summed E-state index contributed by atoms with van der Waals surface area (Å²) in [6.45, 7) is 0. The lowest BCUT2D eigenvalue weighted by Crippen LogP contribution is -2.37. The van der Waals surface area contributed by atoms with Crippen molar-refractivity contribution in [1.82, 2.24) is 0 Å². The van der Waals surface area contributed by atoms with Crippen LogP contribution in [-0.4, -0.2) is 21.2 Å². The van der Waals surface area contributed by atoms with E-state index in [1.807, 2.05) is 0 Å². The Morgan fingerprint density at radius 1 is 0.857 bits per heavy atom. The molecule has 2 rings (SSSR count). The van der Waals surface area contributed by atoms with Crippen molar-refractivity contribution < 1.29 is 9.59 Å². The third-order valence-electron chi connectivity index (χ3n) is 2.22. The minimum absolute atomic E-state index is 0.0397. The highest BCUT2D eigenvalue weighted by molar-refractivity contribution is 9.12. The first-order valence-corrected chi connectivity index (χ1v) is 5.91. The molecule has 1 aromatic carbocycles. The molecule has 0 heterocycles. The minimum atomic E-state index is -0.454. The normalized spacial score (nSPS) is 26.1. The van der Waals surface area contributed by atoms with Gasteiger partial charge in [-0.2, -0.15) is 0 Å². The molecule has 1 aliphatic carbocycles. The monoisotopic (exact) mass is 316 g/mol. The maximum Gasteiger partial charge on any atom is 0.178 e. The minimum Gasteiger partial charge on any atom is -0.293 e. The van der Waals surface area contributed by atoms with E-state index >= 15 is 0 Å². The largest absolute Gasteiger partial charge is 0.293 e. The third kappa shape index (κ3) is 1.37. The van der Waals surface area contributed by atoms with Gasteiger partial charge in [-0.05, 0) is 0 Å². The van der Waals surface area contributed by atoms with Crippen LogP contribution >= 0.6 is 31.9 Å². The molecule has 4 heteroatoms. The first kappa shape index (κ1) is 10.1. The van der Waals surface area contributed by atoms with Crippen LogP contribution in [0.5, 0.6) is 0 Å². The molecule has 0 spiro atoms. The Morgan fingerprint density at radius 3 is 1.57 bits per heavy atom. The van der Waals surface area contributed by atoms with Gasteiger partial charge in [-0.25, -0.2) is 0 Å². The Labute approximate surface area is 97.9 Å². The van der Waals surface area contributed by atoms with E-state index < -0.39 is 9.65 Å². The lowest BCUT2D eigenvalue weighted by molar-refractivity contribution is 0.0907. The van der Waals surface area contributed by atoms with Gasteiger partial charge in [0, 0.05) is 11.1 Å². The van der Waals surface area contributed by atoms with Crippen molar-refractivity contribution in [3.63, 3.8) is 0 Å². The van der Waals surface area contributed by atoms with E-state index in [0.29, 0.717) is 11.1 Å². The molecule has 0 saturated heterocycles. The molecule has 0 radical (unpaired) electrons. The molecule has 0 aliphatic heterocycles. The summed E-state index contributed by atoms with van der Waals surface area (Å²) in [5.41, 5.74) is 1.02. The van der Waals surface area contributed by atoms with Gasteiger partial charge in [0.2, 0.25) is 0 Å². The molecule has 0 saturated carbocycles. The van der Waals surface area contributed by atoms with Gasteiger partial charge in [-0.1, -0.05) is 56.1 Å². The molecule has 0 bridgehead atoms. The SMILES string of the molecule is O=C1c2ccccc2C(=O)[C@H](Br)[C@@H]1Br. The van der Waals surface area contributed by atoms with Crippen LogP contribution in [0.3, 0.4) is 0 Å². The lowest BCUT2D eigenvalue weighted by atomic mass is 9.89. The number of hydrogen-bond acceptors (Lipinski definition) is 2. The molecule has 0 fully saturated rings. The average Bonchev–Trinajstić information content (AvgIpc) is 2.23. The van der Waals surface area contributed by atoms with Gasteiger partial charge < -0.3 is 0 Å². The van der Waals surface area contributed by atoms with Gasteiger partial charge >= 0.3 is 0 Å². The van der Waals surface area contributed by atoms with E-state index in [2.05, 4.69) is 31.9 Å². The van der Waals surface area contributed by atoms with E-state index in [1.165, 1.54) is 0 Å². The molecule has 1 aromatic rings. The van der Waals surface area contributed by atoms with Crippen LogP contribution in [0, 0.1) is 0 Å². The number of hydrogen-bond donors (Lipinski definition) is 0. The molecule has 0 unspecified atom stereocenters. The molecule has 2 nitrogen and oxygen atoms in total. The van der Waals surface area contributed by atoms with Crippen molar-refractivity contribution in [3.05, 3.63) is 35.4 Å². The zero-order chi connectivity index (χ0) is 10.3. The quantitative estimate of drug-likeness (QED) is 0.689. The van der Waals surface area contributed by atoms with E-state index in [-0.39, 0.29) is 11.6 Å². The van der Waals surface area contributed by atoms with E-state index in [9.17, 15) is 9.59 Å². The summed E-state index contributed by atoms with van der Waals surface area (Å²) in [6.07, 6.45) is 0. The van der Waals surface area contributed by atoms with Crippen molar-refractivity contribution in [2.75, 3.05) is 0 Å². The number of ketones is 2. The van der Waals surface area contributed by atoms with Crippen molar-refractivity contribution in [3.8, 4) is 0 Å². The highest BCUT2D eigenvalue weighted by Gasteiger charge is 2.37.